The summed E-state index contributed by atoms with van der Waals surface area (Å²) < 4.78 is 4.51. The van der Waals surface area contributed by atoms with Crippen LogP contribution in [0.5, 0.6) is 0 Å². The van der Waals surface area contributed by atoms with Crippen molar-refractivity contribution in [2.24, 2.45) is 5.73 Å². The molecule has 2 amide bonds. The second-order valence-corrected chi connectivity index (χ2v) is 4.29. The lowest BCUT2D eigenvalue weighted by atomic mass is 9.97. The van der Waals surface area contributed by atoms with E-state index in [1.165, 1.54) is 0 Å². The van der Waals surface area contributed by atoms with Crippen molar-refractivity contribution in [3.8, 4) is 0 Å². The van der Waals surface area contributed by atoms with E-state index in [4.69, 9.17) is 11.5 Å². The Kier molecular flexibility index (Phi) is 5.66. The zero-order chi connectivity index (χ0) is 14.3. The molecule has 0 aliphatic heterocycles. The minimum Gasteiger partial charge on any atom is -0.448 e. The van der Waals surface area contributed by atoms with Crippen molar-refractivity contribution in [3.05, 3.63) is 29.8 Å². The third kappa shape index (κ3) is 5.76. The van der Waals surface area contributed by atoms with E-state index < -0.39 is 6.09 Å². The second-order valence-electron chi connectivity index (χ2n) is 4.29. The van der Waals surface area contributed by atoms with Gasteiger partial charge >= 0.3 is 6.09 Å². The average molecular weight is 265 g/mol. The third-order valence-corrected chi connectivity index (χ3v) is 2.67. The molecule has 0 aliphatic rings. The van der Waals surface area contributed by atoms with Crippen LogP contribution in [0.4, 0.5) is 10.5 Å². The van der Waals surface area contributed by atoms with E-state index in [1.807, 2.05) is 31.2 Å². The van der Waals surface area contributed by atoms with Crippen molar-refractivity contribution in [2.75, 3.05) is 18.9 Å². The topological polar surface area (TPSA) is 107 Å². The number of primary amides is 1. The number of nitrogen functional groups attached to an aromatic ring is 1. The van der Waals surface area contributed by atoms with Gasteiger partial charge in [-0.2, -0.15) is 0 Å². The lowest BCUT2D eigenvalue weighted by Gasteiger charge is -2.12. The number of benzene rings is 1. The highest BCUT2D eigenvalue weighted by molar-refractivity contribution is 5.76. The third-order valence-electron chi connectivity index (χ3n) is 2.67. The quantitative estimate of drug-likeness (QED) is 0.526. The smallest absolute Gasteiger partial charge is 0.404 e. The number of carbonyl (C=O) groups excluding carboxylic acids is 2. The van der Waals surface area contributed by atoms with Gasteiger partial charge in [0.05, 0.1) is 6.54 Å². The summed E-state index contributed by atoms with van der Waals surface area (Å²) in [6.07, 6.45) is -0.481. The number of rotatable bonds is 6. The van der Waals surface area contributed by atoms with Gasteiger partial charge < -0.3 is 21.5 Å². The predicted molar refractivity (Wildman–Crippen MR) is 72.4 cm³/mol. The Hall–Kier alpha value is -2.24. The maximum absolute atomic E-state index is 11.6. The fraction of sp³-hybridized carbons (Fsp3) is 0.385. The number of ether oxygens (including phenoxy) is 1. The first-order chi connectivity index (χ1) is 8.99. The van der Waals surface area contributed by atoms with Crippen molar-refractivity contribution >= 4 is 17.7 Å². The van der Waals surface area contributed by atoms with E-state index >= 15 is 0 Å². The van der Waals surface area contributed by atoms with Crippen LogP contribution in [0.3, 0.4) is 0 Å². The maximum atomic E-state index is 11.6. The summed E-state index contributed by atoms with van der Waals surface area (Å²) in [5.74, 6) is -0.00458. The predicted octanol–water partition coefficient (Wildman–Crippen LogP) is 0.974. The molecule has 19 heavy (non-hydrogen) atoms. The molecule has 1 aromatic carbocycles. The molecule has 1 unspecified atom stereocenters. The molecule has 0 saturated carbocycles. The number of hydrogen-bond acceptors (Lipinski definition) is 4. The first-order valence-electron chi connectivity index (χ1n) is 6.03. The molecular weight excluding hydrogens is 246 g/mol. The maximum Gasteiger partial charge on any atom is 0.404 e. The van der Waals surface area contributed by atoms with Crippen LogP contribution in [0.15, 0.2) is 24.3 Å². The van der Waals surface area contributed by atoms with Gasteiger partial charge in [-0.1, -0.05) is 19.1 Å². The summed E-state index contributed by atoms with van der Waals surface area (Å²) in [6.45, 7) is 2.30. The molecule has 1 aromatic rings. The number of hydrogen-bond donors (Lipinski definition) is 3. The van der Waals surface area contributed by atoms with E-state index in [0.29, 0.717) is 12.1 Å². The Labute approximate surface area is 112 Å². The van der Waals surface area contributed by atoms with Crippen molar-refractivity contribution in [1.82, 2.24) is 5.32 Å². The van der Waals surface area contributed by atoms with Crippen LogP contribution in [0.1, 0.15) is 24.8 Å². The molecule has 104 valence electrons. The van der Waals surface area contributed by atoms with Gasteiger partial charge in [-0.25, -0.2) is 4.79 Å². The van der Waals surface area contributed by atoms with Gasteiger partial charge in [0.2, 0.25) is 5.91 Å². The number of anilines is 1. The Morgan fingerprint density at radius 1 is 1.32 bits per heavy atom. The van der Waals surface area contributed by atoms with Gasteiger partial charge in [-0.05, 0) is 23.6 Å². The zero-order valence-electron chi connectivity index (χ0n) is 10.9. The monoisotopic (exact) mass is 265 g/mol. The Morgan fingerprint density at radius 2 is 1.95 bits per heavy atom. The first-order valence-corrected chi connectivity index (χ1v) is 6.03. The molecule has 0 saturated heterocycles. The molecule has 1 atom stereocenters. The largest absolute Gasteiger partial charge is 0.448 e. The standard InChI is InChI=1S/C13H19N3O3/c1-9(10-2-4-11(14)5-3-10)8-12(17)16-6-7-19-13(15)18/h2-5,9H,6-8,14H2,1H3,(H2,15,18)(H,16,17). The molecule has 0 bridgehead atoms. The highest BCUT2D eigenvalue weighted by Gasteiger charge is 2.10. The number of amides is 2. The Bertz CT molecular complexity index is 431. The molecule has 6 nitrogen and oxygen atoms in total. The van der Waals surface area contributed by atoms with E-state index in [1.54, 1.807) is 0 Å². The minimum absolute atomic E-state index is 0.0807. The summed E-state index contributed by atoms with van der Waals surface area (Å²) in [4.78, 5) is 21.9. The molecule has 0 aliphatic carbocycles. The summed E-state index contributed by atoms with van der Waals surface area (Å²) in [5, 5.41) is 2.65. The average Bonchev–Trinajstić information content (AvgIpc) is 2.35. The van der Waals surface area contributed by atoms with Gasteiger partial charge in [0, 0.05) is 12.1 Å². The highest BCUT2D eigenvalue weighted by Crippen LogP contribution is 2.19. The summed E-state index contributed by atoms with van der Waals surface area (Å²) >= 11 is 0. The molecule has 6 heteroatoms. The summed E-state index contributed by atoms with van der Waals surface area (Å²) in [5.41, 5.74) is 12.1. The van der Waals surface area contributed by atoms with Gasteiger partial charge in [-0.3, -0.25) is 4.79 Å². The number of nitrogens with two attached hydrogens (primary N) is 2. The van der Waals surface area contributed by atoms with Gasteiger partial charge in [0.25, 0.3) is 0 Å². The van der Waals surface area contributed by atoms with Crippen molar-refractivity contribution < 1.29 is 14.3 Å². The van der Waals surface area contributed by atoms with Gasteiger partial charge in [-0.15, -0.1) is 0 Å². The van der Waals surface area contributed by atoms with Crippen LogP contribution in [-0.2, 0) is 9.53 Å². The van der Waals surface area contributed by atoms with Crippen LogP contribution in [0, 0.1) is 0 Å². The van der Waals surface area contributed by atoms with Crippen LogP contribution < -0.4 is 16.8 Å². The molecular formula is C13H19N3O3. The summed E-state index contributed by atoms with van der Waals surface area (Å²) in [6, 6.07) is 7.43. The molecule has 5 N–H and O–H groups in total. The zero-order valence-corrected chi connectivity index (χ0v) is 10.9. The van der Waals surface area contributed by atoms with Gasteiger partial charge in [0.1, 0.15) is 6.61 Å². The van der Waals surface area contributed by atoms with E-state index in [2.05, 4.69) is 10.1 Å². The minimum atomic E-state index is -0.843. The fourth-order valence-corrected chi connectivity index (χ4v) is 1.63. The van der Waals surface area contributed by atoms with Crippen molar-refractivity contribution in [1.29, 1.82) is 0 Å². The molecule has 0 fully saturated rings. The molecule has 0 aromatic heterocycles. The van der Waals surface area contributed by atoms with E-state index in [9.17, 15) is 9.59 Å². The van der Waals surface area contributed by atoms with Crippen molar-refractivity contribution in [2.45, 2.75) is 19.3 Å². The lowest BCUT2D eigenvalue weighted by molar-refractivity contribution is -0.121. The van der Waals surface area contributed by atoms with E-state index in [0.717, 1.165) is 5.56 Å². The lowest BCUT2D eigenvalue weighted by Crippen LogP contribution is -2.29. The fourth-order valence-electron chi connectivity index (χ4n) is 1.63. The molecule has 1 rings (SSSR count). The highest BCUT2D eigenvalue weighted by atomic mass is 16.5. The van der Waals surface area contributed by atoms with Crippen molar-refractivity contribution in [3.63, 3.8) is 0 Å². The molecule has 0 radical (unpaired) electrons. The van der Waals surface area contributed by atoms with Gasteiger partial charge in [0.15, 0.2) is 0 Å². The SMILES string of the molecule is CC(CC(=O)NCCOC(N)=O)c1ccc(N)cc1. The van der Waals surface area contributed by atoms with Crippen LogP contribution >= 0.6 is 0 Å². The number of nitrogens with one attached hydrogen (secondary N) is 1. The first kappa shape index (κ1) is 14.8. The summed E-state index contributed by atoms with van der Waals surface area (Å²) in [7, 11) is 0. The van der Waals surface area contributed by atoms with Crippen LogP contribution in [0.2, 0.25) is 0 Å². The normalized spacial score (nSPS) is 11.6. The van der Waals surface area contributed by atoms with Crippen LogP contribution in [-0.4, -0.2) is 25.2 Å². The Balaban J connectivity index is 2.31. The Morgan fingerprint density at radius 3 is 2.53 bits per heavy atom. The number of carbonyl (C=O) groups is 2. The second kappa shape index (κ2) is 7.25. The van der Waals surface area contributed by atoms with Crippen LogP contribution in [0.25, 0.3) is 0 Å². The molecule has 0 spiro atoms. The van der Waals surface area contributed by atoms with E-state index in [-0.39, 0.29) is 25.0 Å². The molecule has 0 heterocycles.